The molecule has 0 spiro atoms. The number of aromatic nitrogens is 1. The zero-order valence-electron chi connectivity index (χ0n) is 11.5. The zero-order valence-corrected chi connectivity index (χ0v) is 11.5. The zero-order chi connectivity index (χ0) is 13.7. The Morgan fingerprint density at radius 2 is 2.00 bits per heavy atom. The third-order valence-corrected chi connectivity index (χ3v) is 3.62. The average Bonchev–Trinajstić information content (AvgIpc) is 2.48. The summed E-state index contributed by atoms with van der Waals surface area (Å²) in [5.74, 6) is 0.637. The Kier molecular flexibility index (Phi) is 4.35. The van der Waals surface area contributed by atoms with Gasteiger partial charge in [0.05, 0.1) is 16.8 Å². The van der Waals surface area contributed by atoms with Gasteiger partial charge in [-0.15, -0.1) is 0 Å². The van der Waals surface area contributed by atoms with Crippen LogP contribution < -0.4 is 5.32 Å². The molecule has 2 rings (SSSR count). The lowest BCUT2D eigenvalue weighted by molar-refractivity contribution is 0.519. The number of para-hydroxylation sites is 1. The summed E-state index contributed by atoms with van der Waals surface area (Å²) in [7, 11) is 0. The molecule has 0 saturated carbocycles. The summed E-state index contributed by atoms with van der Waals surface area (Å²) in [4.78, 5) is 4.32. The number of rotatable bonds is 5. The first-order valence-electron chi connectivity index (χ1n) is 6.81. The van der Waals surface area contributed by atoms with Gasteiger partial charge in [0, 0.05) is 18.1 Å². The molecular formula is C16H19N3. The summed E-state index contributed by atoms with van der Waals surface area (Å²) >= 11 is 0. The lowest BCUT2D eigenvalue weighted by Crippen LogP contribution is -2.13. The lowest BCUT2D eigenvalue weighted by atomic mass is 10.0. The molecule has 0 aliphatic carbocycles. The minimum absolute atomic E-state index is 0.615. The van der Waals surface area contributed by atoms with Gasteiger partial charge in [-0.1, -0.05) is 44.9 Å². The van der Waals surface area contributed by atoms with Crippen LogP contribution in [-0.4, -0.2) is 11.5 Å². The second kappa shape index (κ2) is 6.19. The fraction of sp³-hybridized carbons (Fsp3) is 0.375. The molecule has 1 aromatic heterocycles. The Morgan fingerprint density at radius 3 is 2.68 bits per heavy atom. The smallest absolute Gasteiger partial charge is 0.103 e. The molecule has 0 amide bonds. The van der Waals surface area contributed by atoms with Gasteiger partial charge >= 0.3 is 0 Å². The standard InChI is InChI=1S/C16H19N3/c1-3-12(4-2)10-19-16-13(9-17)11-18-15-8-6-5-7-14(15)16/h5-8,11-12H,3-4,10H2,1-2H3,(H,18,19). The fourth-order valence-electron chi connectivity index (χ4n) is 2.24. The maximum Gasteiger partial charge on any atom is 0.103 e. The molecule has 0 bridgehead atoms. The Morgan fingerprint density at radius 1 is 1.26 bits per heavy atom. The number of fused-ring (bicyclic) bond motifs is 1. The van der Waals surface area contributed by atoms with E-state index in [1.807, 2.05) is 24.3 Å². The number of anilines is 1. The molecule has 0 fully saturated rings. The minimum atomic E-state index is 0.615. The van der Waals surface area contributed by atoms with Crippen molar-refractivity contribution in [2.45, 2.75) is 26.7 Å². The summed E-state index contributed by atoms with van der Waals surface area (Å²) in [6.07, 6.45) is 3.94. The molecule has 2 aromatic rings. The van der Waals surface area contributed by atoms with Crippen molar-refractivity contribution < 1.29 is 0 Å². The highest BCUT2D eigenvalue weighted by molar-refractivity contribution is 5.93. The Labute approximate surface area is 114 Å². The van der Waals surface area contributed by atoms with Crippen molar-refractivity contribution in [1.29, 1.82) is 5.26 Å². The van der Waals surface area contributed by atoms with Crippen molar-refractivity contribution in [3.8, 4) is 6.07 Å². The molecule has 98 valence electrons. The van der Waals surface area contributed by atoms with Gasteiger partial charge < -0.3 is 5.32 Å². The highest BCUT2D eigenvalue weighted by Gasteiger charge is 2.10. The van der Waals surface area contributed by atoms with Crippen LogP contribution in [0.15, 0.2) is 30.5 Å². The van der Waals surface area contributed by atoms with E-state index < -0.39 is 0 Å². The van der Waals surface area contributed by atoms with Crippen molar-refractivity contribution >= 4 is 16.6 Å². The van der Waals surface area contributed by atoms with E-state index in [0.717, 1.165) is 36.0 Å². The van der Waals surface area contributed by atoms with E-state index >= 15 is 0 Å². The number of hydrogen-bond donors (Lipinski definition) is 1. The first kappa shape index (κ1) is 13.4. The van der Waals surface area contributed by atoms with Crippen LogP contribution >= 0.6 is 0 Å². The first-order valence-corrected chi connectivity index (χ1v) is 6.81. The SMILES string of the molecule is CCC(CC)CNc1c(C#N)cnc2ccccc12. The second-order valence-corrected chi connectivity index (χ2v) is 4.74. The maximum absolute atomic E-state index is 9.23. The third-order valence-electron chi connectivity index (χ3n) is 3.62. The molecule has 3 nitrogen and oxygen atoms in total. The quantitative estimate of drug-likeness (QED) is 0.877. The Bertz CT molecular complexity index is 594. The molecule has 0 aliphatic heterocycles. The summed E-state index contributed by atoms with van der Waals surface area (Å²) in [6.45, 7) is 5.30. The number of nitrogens with zero attached hydrogens (tertiary/aromatic N) is 2. The number of benzene rings is 1. The molecule has 0 radical (unpaired) electrons. The summed E-state index contributed by atoms with van der Waals surface area (Å²) in [5.41, 5.74) is 2.46. The summed E-state index contributed by atoms with van der Waals surface area (Å²) in [6, 6.07) is 10.1. The van der Waals surface area contributed by atoms with Crippen LogP contribution in [0.4, 0.5) is 5.69 Å². The van der Waals surface area contributed by atoms with Crippen molar-refractivity contribution in [2.75, 3.05) is 11.9 Å². The largest absolute Gasteiger partial charge is 0.383 e. The van der Waals surface area contributed by atoms with Gasteiger partial charge in [0.2, 0.25) is 0 Å². The van der Waals surface area contributed by atoms with Gasteiger partial charge in [-0.2, -0.15) is 5.26 Å². The topological polar surface area (TPSA) is 48.7 Å². The minimum Gasteiger partial charge on any atom is -0.383 e. The number of nitrogens with one attached hydrogen (secondary N) is 1. The van der Waals surface area contributed by atoms with Gasteiger partial charge in [0.25, 0.3) is 0 Å². The van der Waals surface area contributed by atoms with Crippen molar-refractivity contribution in [2.24, 2.45) is 5.92 Å². The first-order chi connectivity index (χ1) is 9.30. The molecular weight excluding hydrogens is 234 g/mol. The number of pyridine rings is 1. The van der Waals surface area contributed by atoms with Gasteiger partial charge in [-0.3, -0.25) is 4.98 Å². The Balaban J connectivity index is 2.37. The molecule has 0 unspecified atom stereocenters. The van der Waals surface area contributed by atoms with Gasteiger partial charge in [-0.25, -0.2) is 0 Å². The molecule has 3 heteroatoms. The Hall–Kier alpha value is -2.08. The summed E-state index contributed by atoms with van der Waals surface area (Å²) in [5, 5.41) is 13.7. The molecule has 0 saturated heterocycles. The van der Waals surface area contributed by atoms with Crippen molar-refractivity contribution in [3.05, 3.63) is 36.0 Å². The van der Waals surface area contributed by atoms with Crippen LogP contribution in [0.1, 0.15) is 32.3 Å². The van der Waals surface area contributed by atoms with E-state index in [4.69, 9.17) is 0 Å². The van der Waals surface area contributed by atoms with E-state index in [2.05, 4.69) is 30.2 Å². The molecule has 19 heavy (non-hydrogen) atoms. The molecule has 0 atom stereocenters. The van der Waals surface area contributed by atoms with Gasteiger partial charge in [0.1, 0.15) is 6.07 Å². The van der Waals surface area contributed by atoms with Crippen LogP contribution in [0, 0.1) is 17.2 Å². The second-order valence-electron chi connectivity index (χ2n) is 4.74. The third kappa shape index (κ3) is 2.85. The van der Waals surface area contributed by atoms with Crippen LogP contribution in [-0.2, 0) is 0 Å². The van der Waals surface area contributed by atoms with E-state index in [0.29, 0.717) is 11.5 Å². The normalized spacial score (nSPS) is 10.6. The van der Waals surface area contributed by atoms with Crippen LogP contribution in [0.5, 0.6) is 0 Å². The van der Waals surface area contributed by atoms with Crippen LogP contribution in [0.3, 0.4) is 0 Å². The van der Waals surface area contributed by atoms with E-state index in [-0.39, 0.29) is 0 Å². The fourth-order valence-corrected chi connectivity index (χ4v) is 2.24. The highest BCUT2D eigenvalue weighted by atomic mass is 14.9. The molecule has 1 N–H and O–H groups in total. The lowest BCUT2D eigenvalue weighted by Gasteiger charge is -2.16. The molecule has 0 aliphatic rings. The van der Waals surface area contributed by atoms with E-state index in [1.54, 1.807) is 6.20 Å². The predicted molar refractivity (Wildman–Crippen MR) is 79.0 cm³/mol. The van der Waals surface area contributed by atoms with E-state index in [1.165, 1.54) is 0 Å². The van der Waals surface area contributed by atoms with Gasteiger partial charge in [-0.05, 0) is 12.0 Å². The van der Waals surface area contributed by atoms with Gasteiger partial charge in [0.15, 0.2) is 0 Å². The predicted octanol–water partition coefficient (Wildman–Crippen LogP) is 3.95. The monoisotopic (exact) mass is 253 g/mol. The van der Waals surface area contributed by atoms with Crippen molar-refractivity contribution in [3.63, 3.8) is 0 Å². The van der Waals surface area contributed by atoms with E-state index in [9.17, 15) is 5.26 Å². The van der Waals surface area contributed by atoms with Crippen LogP contribution in [0.25, 0.3) is 10.9 Å². The van der Waals surface area contributed by atoms with Crippen LogP contribution in [0.2, 0.25) is 0 Å². The number of nitriles is 1. The number of hydrogen-bond acceptors (Lipinski definition) is 3. The molecule has 1 heterocycles. The maximum atomic E-state index is 9.23. The highest BCUT2D eigenvalue weighted by Crippen LogP contribution is 2.25. The summed E-state index contributed by atoms with van der Waals surface area (Å²) < 4.78 is 0. The average molecular weight is 253 g/mol. The molecule has 1 aromatic carbocycles. The van der Waals surface area contributed by atoms with Crippen molar-refractivity contribution in [1.82, 2.24) is 4.98 Å².